The topological polar surface area (TPSA) is 41.6 Å². The molecule has 2 aliphatic heterocycles. The number of benzene rings is 1. The minimum atomic E-state index is 0.255. The van der Waals surface area contributed by atoms with E-state index < -0.39 is 0 Å². The summed E-state index contributed by atoms with van der Waals surface area (Å²) in [6, 6.07) is 8.34. The highest BCUT2D eigenvalue weighted by atomic mass is 32.2. The van der Waals surface area contributed by atoms with Crippen LogP contribution < -0.4 is 5.32 Å². The van der Waals surface area contributed by atoms with E-state index in [0.29, 0.717) is 11.8 Å². The molecular formula is C19H28N2O2S. The van der Waals surface area contributed by atoms with E-state index in [1.165, 1.54) is 0 Å². The van der Waals surface area contributed by atoms with Crippen LogP contribution in [0.1, 0.15) is 25.3 Å². The van der Waals surface area contributed by atoms with Crippen LogP contribution in [0.25, 0.3) is 0 Å². The largest absolute Gasteiger partial charge is 0.384 e. The lowest BCUT2D eigenvalue weighted by Crippen LogP contribution is -2.38. The molecular weight excluding hydrogens is 320 g/mol. The summed E-state index contributed by atoms with van der Waals surface area (Å²) in [5, 5.41) is 3.55. The molecule has 2 fully saturated rings. The molecule has 24 heavy (non-hydrogen) atoms. The molecule has 2 saturated heterocycles. The number of carbonyl (C=O) groups is 1. The number of carbonyl (C=O) groups excluding carboxylic acids is 1. The van der Waals surface area contributed by atoms with Crippen LogP contribution in [0, 0.1) is 5.41 Å². The zero-order valence-corrected chi connectivity index (χ0v) is 15.4. The fraction of sp³-hybridized carbons (Fsp3) is 0.632. The zero-order chi connectivity index (χ0) is 16.8. The van der Waals surface area contributed by atoms with Crippen molar-refractivity contribution in [1.82, 2.24) is 4.90 Å². The molecule has 1 aromatic rings. The number of thioether (sulfide) groups is 1. The summed E-state index contributed by atoms with van der Waals surface area (Å²) >= 11 is 1.93. The molecule has 5 heteroatoms. The summed E-state index contributed by atoms with van der Waals surface area (Å²) in [5.41, 5.74) is 2.55. The Morgan fingerprint density at radius 3 is 2.54 bits per heavy atom. The molecule has 1 N–H and O–H groups in total. The van der Waals surface area contributed by atoms with Gasteiger partial charge in [-0.05, 0) is 36.0 Å². The minimum Gasteiger partial charge on any atom is -0.384 e. The third-order valence-electron chi connectivity index (χ3n) is 5.09. The maximum atomic E-state index is 12.3. The number of amides is 1. The Kier molecular flexibility index (Phi) is 6.06. The monoisotopic (exact) mass is 348 g/mol. The van der Waals surface area contributed by atoms with Crippen LogP contribution in [0.4, 0.5) is 5.69 Å². The van der Waals surface area contributed by atoms with Crippen molar-refractivity contribution in [2.24, 2.45) is 5.41 Å². The zero-order valence-electron chi connectivity index (χ0n) is 14.6. The maximum absolute atomic E-state index is 12.3. The van der Waals surface area contributed by atoms with Crippen molar-refractivity contribution in [2.45, 2.75) is 26.2 Å². The summed E-state index contributed by atoms with van der Waals surface area (Å²) in [6.07, 6.45) is 2.74. The van der Waals surface area contributed by atoms with Crippen LogP contribution in [0.3, 0.4) is 0 Å². The average Bonchev–Trinajstić information content (AvgIpc) is 2.62. The number of nitrogens with one attached hydrogen (secondary N) is 1. The number of hydrogen-bond donors (Lipinski definition) is 1. The van der Waals surface area contributed by atoms with Crippen LogP contribution in [0.2, 0.25) is 0 Å². The van der Waals surface area contributed by atoms with Crippen molar-refractivity contribution in [3.8, 4) is 0 Å². The fourth-order valence-electron chi connectivity index (χ4n) is 3.20. The van der Waals surface area contributed by atoms with E-state index in [1.54, 1.807) is 0 Å². The molecule has 4 nitrogen and oxygen atoms in total. The van der Waals surface area contributed by atoms with Crippen LogP contribution in [-0.2, 0) is 16.0 Å². The molecule has 1 aromatic carbocycles. The first kappa shape index (κ1) is 17.6. The molecule has 0 saturated carbocycles. The Morgan fingerprint density at radius 2 is 1.88 bits per heavy atom. The van der Waals surface area contributed by atoms with E-state index in [1.807, 2.05) is 16.7 Å². The van der Waals surface area contributed by atoms with Crippen molar-refractivity contribution >= 4 is 23.4 Å². The summed E-state index contributed by atoms with van der Waals surface area (Å²) in [4.78, 5) is 14.3. The SMILES string of the molecule is CC1(CNc2ccc(CC(=O)N3CCSCC3)cc2)CCOCC1. The van der Waals surface area contributed by atoms with Gasteiger partial charge in [-0.15, -0.1) is 0 Å². The maximum Gasteiger partial charge on any atom is 0.227 e. The number of anilines is 1. The number of rotatable bonds is 5. The Bertz CT molecular complexity index is 535. The van der Waals surface area contributed by atoms with Crippen LogP contribution in [0.15, 0.2) is 24.3 Å². The molecule has 0 aromatic heterocycles. The van der Waals surface area contributed by atoms with E-state index in [2.05, 4.69) is 36.5 Å². The van der Waals surface area contributed by atoms with E-state index in [0.717, 1.165) is 68.4 Å². The molecule has 3 rings (SSSR count). The standard InChI is InChI=1S/C19H28N2O2S/c1-19(6-10-23-11-7-19)15-20-17-4-2-16(3-5-17)14-18(22)21-8-12-24-13-9-21/h2-5,20H,6-15H2,1H3. The first-order chi connectivity index (χ1) is 11.6. The van der Waals surface area contributed by atoms with E-state index >= 15 is 0 Å². The lowest BCUT2D eigenvalue weighted by Gasteiger charge is -2.34. The molecule has 0 aliphatic carbocycles. The fourth-order valence-corrected chi connectivity index (χ4v) is 4.10. The highest BCUT2D eigenvalue weighted by molar-refractivity contribution is 7.99. The summed E-state index contributed by atoms with van der Waals surface area (Å²) in [6.45, 7) is 6.83. The number of nitrogens with zero attached hydrogens (tertiary/aromatic N) is 1. The Labute approximate surface area is 149 Å². The van der Waals surface area contributed by atoms with Gasteiger partial charge in [0.2, 0.25) is 5.91 Å². The lowest BCUT2D eigenvalue weighted by molar-refractivity contribution is -0.130. The van der Waals surface area contributed by atoms with E-state index in [4.69, 9.17) is 4.74 Å². The quantitative estimate of drug-likeness (QED) is 0.888. The Hall–Kier alpha value is -1.20. The van der Waals surface area contributed by atoms with Crippen LogP contribution in [0.5, 0.6) is 0 Å². The summed E-state index contributed by atoms with van der Waals surface area (Å²) < 4.78 is 5.45. The van der Waals surface area contributed by atoms with Crippen LogP contribution >= 0.6 is 11.8 Å². The number of hydrogen-bond acceptors (Lipinski definition) is 4. The Balaban J connectivity index is 1.48. The second kappa shape index (κ2) is 8.26. The van der Waals surface area contributed by atoms with Gasteiger partial charge in [0.25, 0.3) is 0 Å². The molecule has 2 aliphatic rings. The smallest absolute Gasteiger partial charge is 0.227 e. The average molecular weight is 349 g/mol. The molecule has 0 radical (unpaired) electrons. The third kappa shape index (κ3) is 4.90. The summed E-state index contributed by atoms with van der Waals surface area (Å²) in [7, 11) is 0. The number of ether oxygens (including phenoxy) is 1. The summed E-state index contributed by atoms with van der Waals surface area (Å²) in [5.74, 6) is 2.39. The third-order valence-corrected chi connectivity index (χ3v) is 6.03. The van der Waals surface area contributed by atoms with Crippen molar-refractivity contribution in [1.29, 1.82) is 0 Å². The minimum absolute atomic E-state index is 0.255. The van der Waals surface area contributed by atoms with Gasteiger partial charge in [0.05, 0.1) is 6.42 Å². The molecule has 0 atom stereocenters. The Morgan fingerprint density at radius 1 is 1.21 bits per heavy atom. The van der Waals surface area contributed by atoms with E-state index in [-0.39, 0.29) is 5.91 Å². The van der Waals surface area contributed by atoms with Gasteiger partial charge in [-0.1, -0.05) is 19.1 Å². The molecule has 132 valence electrons. The highest BCUT2D eigenvalue weighted by Crippen LogP contribution is 2.30. The molecule has 0 spiro atoms. The normalized spacial score (nSPS) is 20.6. The van der Waals surface area contributed by atoms with Crippen molar-refractivity contribution < 1.29 is 9.53 Å². The van der Waals surface area contributed by atoms with Gasteiger partial charge in [0.1, 0.15) is 0 Å². The van der Waals surface area contributed by atoms with Gasteiger partial charge in [-0.3, -0.25) is 4.79 Å². The molecule has 1 amide bonds. The van der Waals surface area contributed by atoms with Gasteiger partial charge in [-0.25, -0.2) is 0 Å². The van der Waals surface area contributed by atoms with E-state index in [9.17, 15) is 4.79 Å². The first-order valence-corrected chi connectivity index (χ1v) is 10.1. The van der Waals surface area contributed by atoms with Crippen molar-refractivity contribution in [3.63, 3.8) is 0 Å². The van der Waals surface area contributed by atoms with Gasteiger partial charge in [-0.2, -0.15) is 11.8 Å². The molecule has 0 bridgehead atoms. The second-order valence-electron chi connectivity index (χ2n) is 7.14. The first-order valence-electron chi connectivity index (χ1n) is 8.91. The van der Waals surface area contributed by atoms with Gasteiger partial charge in [0, 0.05) is 50.0 Å². The predicted molar refractivity (Wildman–Crippen MR) is 101 cm³/mol. The van der Waals surface area contributed by atoms with Crippen LogP contribution in [-0.4, -0.2) is 55.2 Å². The highest BCUT2D eigenvalue weighted by Gasteiger charge is 2.26. The lowest BCUT2D eigenvalue weighted by atomic mass is 9.82. The van der Waals surface area contributed by atoms with Gasteiger partial charge >= 0.3 is 0 Å². The van der Waals surface area contributed by atoms with Gasteiger partial charge < -0.3 is 15.0 Å². The van der Waals surface area contributed by atoms with Crippen molar-refractivity contribution in [2.75, 3.05) is 49.7 Å². The molecule has 0 unspecified atom stereocenters. The van der Waals surface area contributed by atoms with Gasteiger partial charge in [0.15, 0.2) is 0 Å². The predicted octanol–water partition coefficient (Wildman–Crippen LogP) is 3.03. The van der Waals surface area contributed by atoms with Crippen molar-refractivity contribution in [3.05, 3.63) is 29.8 Å². The second-order valence-corrected chi connectivity index (χ2v) is 8.37. The molecule has 2 heterocycles.